The lowest BCUT2D eigenvalue weighted by molar-refractivity contribution is 0.685. The molecule has 3 N–H and O–H groups in total. The Bertz CT molecular complexity index is 758. The number of nitrogens with two attached hydrogens (primary N) is 1. The van der Waals surface area contributed by atoms with Crippen LogP contribution in [-0.4, -0.2) is 21.1 Å². The molecule has 114 valence electrons. The summed E-state index contributed by atoms with van der Waals surface area (Å²) in [7, 11) is 0. The largest absolute Gasteiger partial charge is 0.368 e. The quantitative estimate of drug-likeness (QED) is 0.759. The van der Waals surface area contributed by atoms with Gasteiger partial charge in [-0.1, -0.05) is 38.1 Å². The molecule has 5 heteroatoms. The molecule has 0 radical (unpaired) electrons. The van der Waals surface area contributed by atoms with Gasteiger partial charge >= 0.3 is 0 Å². The molecular weight excluding hydrogens is 274 g/mol. The Labute approximate surface area is 130 Å². The van der Waals surface area contributed by atoms with Crippen LogP contribution in [0.15, 0.2) is 42.6 Å². The Kier molecular flexibility index (Phi) is 4.06. The van der Waals surface area contributed by atoms with E-state index < -0.39 is 0 Å². The molecule has 0 unspecified atom stereocenters. The number of benzene rings is 1. The normalized spacial score (nSPS) is 11.3. The van der Waals surface area contributed by atoms with E-state index in [1.807, 2.05) is 35.0 Å². The van der Waals surface area contributed by atoms with Crippen LogP contribution in [0.5, 0.6) is 0 Å². The van der Waals surface area contributed by atoms with Gasteiger partial charge in [-0.05, 0) is 23.6 Å². The summed E-state index contributed by atoms with van der Waals surface area (Å²) in [4.78, 5) is 4.42. The lowest BCUT2D eigenvalue weighted by Crippen LogP contribution is -2.10. The summed E-state index contributed by atoms with van der Waals surface area (Å²) in [5.41, 5.74) is 9.66. The van der Waals surface area contributed by atoms with Gasteiger partial charge in [0.05, 0.1) is 11.9 Å². The molecular formula is C17H21N5. The van der Waals surface area contributed by atoms with Crippen molar-refractivity contribution in [3.63, 3.8) is 0 Å². The standard InChI is InChI=1S/C17H21N5/c1-12(2)10-19-16-7-8-17-20-11-15(22(17)21-16)14-5-3-13(9-18)4-6-14/h3-8,11-12H,9-10,18H2,1-2H3,(H,19,21). The molecule has 22 heavy (non-hydrogen) atoms. The molecule has 0 saturated carbocycles. The van der Waals surface area contributed by atoms with E-state index in [2.05, 4.69) is 41.4 Å². The molecule has 0 aliphatic rings. The number of imidazole rings is 1. The zero-order valence-corrected chi connectivity index (χ0v) is 13.0. The zero-order valence-electron chi connectivity index (χ0n) is 13.0. The minimum Gasteiger partial charge on any atom is -0.368 e. The van der Waals surface area contributed by atoms with E-state index in [0.29, 0.717) is 12.5 Å². The molecule has 0 aliphatic heterocycles. The van der Waals surface area contributed by atoms with E-state index in [1.54, 1.807) is 0 Å². The maximum absolute atomic E-state index is 5.65. The van der Waals surface area contributed by atoms with Crippen LogP contribution in [0, 0.1) is 5.92 Å². The highest BCUT2D eigenvalue weighted by atomic mass is 15.3. The van der Waals surface area contributed by atoms with Crippen molar-refractivity contribution in [3.8, 4) is 11.3 Å². The molecule has 2 aromatic heterocycles. The third kappa shape index (κ3) is 2.94. The van der Waals surface area contributed by atoms with Gasteiger partial charge in [-0.15, -0.1) is 5.10 Å². The molecule has 0 saturated heterocycles. The maximum atomic E-state index is 5.65. The van der Waals surface area contributed by atoms with Crippen LogP contribution >= 0.6 is 0 Å². The Morgan fingerprint density at radius 1 is 1.14 bits per heavy atom. The van der Waals surface area contributed by atoms with Crippen LogP contribution in [0.3, 0.4) is 0 Å². The minimum absolute atomic E-state index is 0.551. The summed E-state index contributed by atoms with van der Waals surface area (Å²) in [5, 5.41) is 7.99. The number of anilines is 1. The van der Waals surface area contributed by atoms with E-state index >= 15 is 0 Å². The average molecular weight is 295 g/mol. The Morgan fingerprint density at radius 2 is 1.91 bits per heavy atom. The SMILES string of the molecule is CC(C)CNc1ccc2ncc(-c3ccc(CN)cc3)n2n1. The first-order valence-corrected chi connectivity index (χ1v) is 7.55. The molecule has 5 nitrogen and oxygen atoms in total. The van der Waals surface area contributed by atoms with Gasteiger partial charge < -0.3 is 11.1 Å². The van der Waals surface area contributed by atoms with Gasteiger partial charge in [0.15, 0.2) is 5.65 Å². The predicted molar refractivity (Wildman–Crippen MR) is 89.6 cm³/mol. The molecule has 1 aromatic carbocycles. The van der Waals surface area contributed by atoms with Crippen LogP contribution in [-0.2, 0) is 6.54 Å². The van der Waals surface area contributed by atoms with Crippen molar-refractivity contribution in [3.05, 3.63) is 48.2 Å². The summed E-state index contributed by atoms with van der Waals surface area (Å²) in [6.07, 6.45) is 1.85. The van der Waals surface area contributed by atoms with E-state index in [9.17, 15) is 0 Å². The highest BCUT2D eigenvalue weighted by Crippen LogP contribution is 2.21. The third-order valence-electron chi connectivity index (χ3n) is 3.54. The fourth-order valence-electron chi connectivity index (χ4n) is 2.28. The predicted octanol–water partition coefficient (Wildman–Crippen LogP) is 2.92. The molecule has 0 aliphatic carbocycles. The molecule has 3 rings (SSSR count). The molecule has 0 bridgehead atoms. The fraction of sp³-hybridized carbons (Fsp3) is 0.294. The topological polar surface area (TPSA) is 68.2 Å². The van der Waals surface area contributed by atoms with Gasteiger partial charge in [0, 0.05) is 18.7 Å². The monoisotopic (exact) mass is 295 g/mol. The smallest absolute Gasteiger partial charge is 0.154 e. The van der Waals surface area contributed by atoms with E-state index in [1.165, 1.54) is 0 Å². The maximum Gasteiger partial charge on any atom is 0.154 e. The molecule has 2 heterocycles. The number of nitrogens with zero attached hydrogens (tertiary/aromatic N) is 3. The van der Waals surface area contributed by atoms with Crippen molar-refractivity contribution in [1.29, 1.82) is 0 Å². The molecule has 0 amide bonds. The van der Waals surface area contributed by atoms with Crippen LogP contribution in [0.4, 0.5) is 5.82 Å². The molecule has 0 atom stereocenters. The second-order valence-corrected chi connectivity index (χ2v) is 5.81. The van der Waals surface area contributed by atoms with Gasteiger partial charge in [-0.3, -0.25) is 0 Å². The highest BCUT2D eigenvalue weighted by molar-refractivity contribution is 5.63. The lowest BCUT2D eigenvalue weighted by Gasteiger charge is -2.09. The number of aromatic nitrogens is 3. The first-order chi connectivity index (χ1) is 10.7. The van der Waals surface area contributed by atoms with Gasteiger partial charge in [0.25, 0.3) is 0 Å². The molecule has 3 aromatic rings. The van der Waals surface area contributed by atoms with Crippen molar-refractivity contribution in [2.24, 2.45) is 11.7 Å². The summed E-state index contributed by atoms with van der Waals surface area (Å²) in [6.45, 7) is 5.79. The van der Waals surface area contributed by atoms with E-state index in [4.69, 9.17) is 5.73 Å². The van der Waals surface area contributed by atoms with Crippen molar-refractivity contribution in [1.82, 2.24) is 14.6 Å². The number of rotatable bonds is 5. The Morgan fingerprint density at radius 3 is 2.59 bits per heavy atom. The van der Waals surface area contributed by atoms with Crippen molar-refractivity contribution in [2.45, 2.75) is 20.4 Å². The third-order valence-corrected chi connectivity index (χ3v) is 3.54. The molecule has 0 fully saturated rings. The lowest BCUT2D eigenvalue weighted by atomic mass is 10.1. The molecule has 0 spiro atoms. The number of fused-ring (bicyclic) bond motifs is 1. The Hall–Kier alpha value is -2.40. The first-order valence-electron chi connectivity index (χ1n) is 7.55. The Balaban J connectivity index is 1.96. The summed E-state index contributed by atoms with van der Waals surface area (Å²) < 4.78 is 1.88. The van der Waals surface area contributed by atoms with Crippen LogP contribution in [0.2, 0.25) is 0 Å². The van der Waals surface area contributed by atoms with Gasteiger partial charge in [0.1, 0.15) is 5.82 Å². The number of hydrogen-bond donors (Lipinski definition) is 2. The van der Waals surface area contributed by atoms with Crippen LogP contribution < -0.4 is 11.1 Å². The summed E-state index contributed by atoms with van der Waals surface area (Å²) >= 11 is 0. The van der Waals surface area contributed by atoms with E-state index in [-0.39, 0.29) is 0 Å². The zero-order chi connectivity index (χ0) is 15.5. The average Bonchev–Trinajstić information content (AvgIpc) is 2.96. The summed E-state index contributed by atoms with van der Waals surface area (Å²) in [6, 6.07) is 12.1. The van der Waals surface area contributed by atoms with Gasteiger partial charge in [0.2, 0.25) is 0 Å². The van der Waals surface area contributed by atoms with Crippen molar-refractivity contribution in [2.75, 3.05) is 11.9 Å². The van der Waals surface area contributed by atoms with Gasteiger partial charge in [-0.2, -0.15) is 0 Å². The second kappa shape index (κ2) is 6.15. The highest BCUT2D eigenvalue weighted by Gasteiger charge is 2.08. The second-order valence-electron chi connectivity index (χ2n) is 5.81. The van der Waals surface area contributed by atoms with Crippen LogP contribution in [0.1, 0.15) is 19.4 Å². The fourth-order valence-corrected chi connectivity index (χ4v) is 2.28. The summed E-state index contributed by atoms with van der Waals surface area (Å²) in [5.74, 6) is 1.43. The van der Waals surface area contributed by atoms with Crippen LogP contribution in [0.25, 0.3) is 16.9 Å². The number of hydrogen-bond acceptors (Lipinski definition) is 4. The van der Waals surface area contributed by atoms with Crippen molar-refractivity contribution >= 4 is 11.5 Å². The van der Waals surface area contributed by atoms with E-state index in [0.717, 1.165) is 34.8 Å². The van der Waals surface area contributed by atoms with Gasteiger partial charge in [-0.25, -0.2) is 9.50 Å². The first kappa shape index (κ1) is 14.5. The minimum atomic E-state index is 0.551. The van der Waals surface area contributed by atoms with Crippen molar-refractivity contribution < 1.29 is 0 Å². The number of nitrogens with one attached hydrogen (secondary N) is 1.